The summed E-state index contributed by atoms with van der Waals surface area (Å²) in [7, 11) is 1.61. The molecule has 0 heterocycles. The van der Waals surface area contributed by atoms with E-state index in [1.165, 1.54) is 0 Å². The Morgan fingerprint density at radius 1 is 1.13 bits per heavy atom. The number of methoxy groups -OCH3 is 1. The highest BCUT2D eigenvalue weighted by Gasteiger charge is 2.28. The maximum Gasteiger partial charge on any atom is 0.242 e. The number of benzene rings is 2. The molecule has 1 atom stereocenters. The number of halogens is 1. The summed E-state index contributed by atoms with van der Waals surface area (Å²) in [5.41, 5.74) is 1.69. The molecule has 0 radical (unpaired) electrons. The van der Waals surface area contributed by atoms with Crippen molar-refractivity contribution < 1.29 is 14.3 Å². The zero-order valence-electron chi connectivity index (χ0n) is 17.6. The zero-order valence-corrected chi connectivity index (χ0v) is 18.3. The molecule has 2 amide bonds. The van der Waals surface area contributed by atoms with E-state index in [1.54, 1.807) is 25.0 Å². The van der Waals surface area contributed by atoms with E-state index >= 15 is 0 Å². The van der Waals surface area contributed by atoms with Crippen molar-refractivity contribution in [1.82, 2.24) is 10.2 Å². The fourth-order valence-electron chi connectivity index (χ4n) is 3.81. The molecular formula is C24H29ClN2O3. The Morgan fingerprint density at radius 3 is 2.43 bits per heavy atom. The summed E-state index contributed by atoms with van der Waals surface area (Å²) in [6.45, 7) is 2.13. The monoisotopic (exact) mass is 428 g/mol. The van der Waals surface area contributed by atoms with Gasteiger partial charge in [0, 0.05) is 17.6 Å². The lowest BCUT2D eigenvalue weighted by atomic mass is 10.1. The molecule has 1 aliphatic carbocycles. The number of rotatable bonds is 8. The van der Waals surface area contributed by atoms with Gasteiger partial charge >= 0.3 is 0 Å². The van der Waals surface area contributed by atoms with Gasteiger partial charge in [0.25, 0.3) is 0 Å². The van der Waals surface area contributed by atoms with Crippen molar-refractivity contribution in [1.29, 1.82) is 0 Å². The first-order chi connectivity index (χ1) is 14.5. The summed E-state index contributed by atoms with van der Waals surface area (Å²) in [5, 5.41) is 3.67. The van der Waals surface area contributed by atoms with Crippen LogP contribution in [0.2, 0.25) is 5.02 Å². The maximum absolute atomic E-state index is 13.2. The quantitative estimate of drug-likeness (QED) is 0.679. The second kappa shape index (κ2) is 10.5. The van der Waals surface area contributed by atoms with Crippen LogP contribution in [-0.2, 0) is 22.6 Å². The molecule has 0 unspecified atom stereocenters. The van der Waals surface area contributed by atoms with Crippen LogP contribution in [0.15, 0.2) is 48.5 Å². The second-order valence-electron chi connectivity index (χ2n) is 7.80. The van der Waals surface area contributed by atoms with Crippen molar-refractivity contribution in [3.8, 4) is 5.75 Å². The van der Waals surface area contributed by atoms with E-state index in [0.29, 0.717) is 11.6 Å². The lowest BCUT2D eigenvalue weighted by Gasteiger charge is -2.30. The second-order valence-corrected chi connectivity index (χ2v) is 8.21. The molecule has 6 heteroatoms. The Morgan fingerprint density at radius 2 is 1.80 bits per heavy atom. The van der Waals surface area contributed by atoms with Gasteiger partial charge in [-0.1, -0.05) is 54.8 Å². The molecule has 1 aliphatic rings. The molecule has 2 aromatic rings. The number of carbonyl (C=O) groups is 2. The predicted octanol–water partition coefficient (Wildman–Crippen LogP) is 4.37. The van der Waals surface area contributed by atoms with E-state index in [9.17, 15) is 9.59 Å². The van der Waals surface area contributed by atoms with E-state index in [-0.39, 0.29) is 24.3 Å². The van der Waals surface area contributed by atoms with Crippen LogP contribution in [0.4, 0.5) is 0 Å². The third kappa shape index (κ3) is 5.76. The van der Waals surface area contributed by atoms with Crippen molar-refractivity contribution in [2.75, 3.05) is 7.11 Å². The smallest absolute Gasteiger partial charge is 0.242 e. The van der Waals surface area contributed by atoms with E-state index in [2.05, 4.69) is 5.32 Å². The lowest BCUT2D eigenvalue weighted by molar-refractivity contribution is -0.140. The SMILES string of the molecule is COc1ccc(CN(C(=O)Cc2ccccc2Cl)[C@H](C)C(=O)NC2CCCC2)cc1. The van der Waals surface area contributed by atoms with Gasteiger partial charge in [-0.25, -0.2) is 0 Å². The molecule has 30 heavy (non-hydrogen) atoms. The summed E-state index contributed by atoms with van der Waals surface area (Å²) in [6, 6.07) is 14.5. The van der Waals surface area contributed by atoms with Gasteiger partial charge in [-0.3, -0.25) is 9.59 Å². The highest BCUT2D eigenvalue weighted by atomic mass is 35.5. The maximum atomic E-state index is 13.2. The number of nitrogens with one attached hydrogen (secondary N) is 1. The Hall–Kier alpha value is -2.53. The summed E-state index contributed by atoms with van der Waals surface area (Å²) < 4.78 is 5.21. The van der Waals surface area contributed by atoms with Gasteiger partial charge in [-0.15, -0.1) is 0 Å². The molecule has 2 aromatic carbocycles. The van der Waals surface area contributed by atoms with Gasteiger partial charge in [-0.2, -0.15) is 0 Å². The van der Waals surface area contributed by atoms with Crippen molar-refractivity contribution >= 4 is 23.4 Å². The highest BCUT2D eigenvalue weighted by molar-refractivity contribution is 6.31. The summed E-state index contributed by atoms with van der Waals surface area (Å²) in [6.07, 6.45) is 4.44. The minimum atomic E-state index is -0.581. The Balaban J connectivity index is 1.77. The molecule has 0 aromatic heterocycles. The number of carbonyl (C=O) groups excluding carboxylic acids is 2. The van der Waals surface area contributed by atoms with Crippen molar-refractivity contribution in [3.05, 3.63) is 64.7 Å². The number of amides is 2. The Labute approximate surface area is 183 Å². The van der Waals surface area contributed by atoms with Gasteiger partial charge in [0.2, 0.25) is 11.8 Å². The van der Waals surface area contributed by atoms with Crippen LogP contribution in [0.25, 0.3) is 0 Å². The highest BCUT2D eigenvalue weighted by Crippen LogP contribution is 2.21. The Kier molecular flexibility index (Phi) is 7.75. The molecule has 160 valence electrons. The van der Waals surface area contributed by atoms with Gasteiger partial charge in [0.05, 0.1) is 13.5 Å². The van der Waals surface area contributed by atoms with Crippen LogP contribution in [0.5, 0.6) is 5.75 Å². The van der Waals surface area contributed by atoms with Crippen LogP contribution in [0.3, 0.4) is 0 Å². The first kappa shape index (κ1) is 22.2. The summed E-state index contributed by atoms with van der Waals surface area (Å²) in [4.78, 5) is 27.8. The fraction of sp³-hybridized carbons (Fsp3) is 0.417. The van der Waals surface area contributed by atoms with Crippen molar-refractivity contribution in [2.45, 2.75) is 57.7 Å². The first-order valence-corrected chi connectivity index (χ1v) is 10.8. The molecule has 3 rings (SSSR count). The third-order valence-electron chi connectivity index (χ3n) is 5.68. The van der Waals surface area contributed by atoms with Crippen LogP contribution >= 0.6 is 11.6 Å². The van der Waals surface area contributed by atoms with Crippen LogP contribution < -0.4 is 10.1 Å². The molecule has 0 aliphatic heterocycles. The molecular weight excluding hydrogens is 400 g/mol. The summed E-state index contributed by atoms with van der Waals surface area (Å²) >= 11 is 6.26. The Bertz CT molecular complexity index is 863. The van der Waals surface area contributed by atoms with Crippen molar-refractivity contribution in [3.63, 3.8) is 0 Å². The molecule has 0 bridgehead atoms. The van der Waals surface area contributed by atoms with Gasteiger partial charge in [0.1, 0.15) is 11.8 Å². The third-order valence-corrected chi connectivity index (χ3v) is 6.05. The molecule has 1 N–H and O–H groups in total. The molecule has 0 saturated heterocycles. The number of hydrogen-bond acceptors (Lipinski definition) is 3. The molecule has 1 saturated carbocycles. The van der Waals surface area contributed by atoms with Crippen LogP contribution in [0.1, 0.15) is 43.7 Å². The largest absolute Gasteiger partial charge is 0.497 e. The van der Waals surface area contributed by atoms with E-state index in [4.69, 9.17) is 16.3 Å². The average molecular weight is 429 g/mol. The normalized spacial score (nSPS) is 14.9. The van der Waals surface area contributed by atoms with E-state index < -0.39 is 6.04 Å². The molecule has 0 spiro atoms. The molecule has 1 fully saturated rings. The lowest BCUT2D eigenvalue weighted by Crippen LogP contribution is -2.50. The molecule has 5 nitrogen and oxygen atoms in total. The number of hydrogen-bond donors (Lipinski definition) is 1. The predicted molar refractivity (Wildman–Crippen MR) is 119 cm³/mol. The topological polar surface area (TPSA) is 58.6 Å². The summed E-state index contributed by atoms with van der Waals surface area (Å²) in [5.74, 6) is 0.510. The zero-order chi connectivity index (χ0) is 21.5. The number of nitrogens with zero attached hydrogens (tertiary/aromatic N) is 1. The van der Waals surface area contributed by atoms with Crippen LogP contribution in [0, 0.1) is 0 Å². The minimum Gasteiger partial charge on any atom is -0.497 e. The van der Waals surface area contributed by atoms with E-state index in [0.717, 1.165) is 42.6 Å². The van der Waals surface area contributed by atoms with Crippen molar-refractivity contribution in [2.24, 2.45) is 0 Å². The van der Waals surface area contributed by atoms with Gasteiger partial charge in [0.15, 0.2) is 0 Å². The first-order valence-electron chi connectivity index (χ1n) is 10.4. The van der Waals surface area contributed by atoms with Crippen LogP contribution in [-0.4, -0.2) is 35.9 Å². The average Bonchev–Trinajstić information content (AvgIpc) is 3.26. The van der Waals surface area contributed by atoms with E-state index in [1.807, 2.05) is 42.5 Å². The number of ether oxygens (including phenoxy) is 1. The minimum absolute atomic E-state index is 0.108. The van der Waals surface area contributed by atoms with Gasteiger partial charge < -0.3 is 15.0 Å². The standard InChI is InChI=1S/C24H29ClN2O3/c1-17(24(29)26-20-8-4-5-9-20)27(16-18-11-13-21(30-2)14-12-18)23(28)15-19-7-3-6-10-22(19)25/h3,6-7,10-14,17,20H,4-5,8-9,15-16H2,1-2H3,(H,26,29)/t17-/m1/s1. The van der Waals surface area contributed by atoms with Gasteiger partial charge in [-0.05, 0) is 49.1 Å². The fourth-order valence-corrected chi connectivity index (χ4v) is 4.01.